The molecule has 5 nitrogen and oxygen atoms in total. The van der Waals surface area contributed by atoms with Gasteiger partial charge in [0.05, 0.1) is 6.10 Å². The minimum absolute atomic E-state index is 0. The lowest BCUT2D eigenvalue weighted by Crippen LogP contribution is -2.38. The zero-order chi connectivity index (χ0) is 16.4. The Bertz CT molecular complexity index is 551. The fraction of sp³-hybridized carbons (Fsp3) is 0.588. The predicted octanol–water partition coefficient (Wildman–Crippen LogP) is 1.81. The van der Waals surface area contributed by atoms with Crippen LogP contribution in [-0.4, -0.2) is 54.2 Å². The van der Waals surface area contributed by atoms with Crippen LogP contribution in [0.3, 0.4) is 0 Å². The Morgan fingerprint density at radius 3 is 2.36 bits per heavy atom. The van der Waals surface area contributed by atoms with Crippen molar-refractivity contribution in [3.05, 3.63) is 30.1 Å². The first-order chi connectivity index (χ1) is 11.0. The smallest absolute Gasteiger partial charge is 0.225 e. The second kappa shape index (κ2) is 9.57. The Hall–Kier alpha value is -1.08. The summed E-state index contributed by atoms with van der Waals surface area (Å²) >= 11 is 0. The molecule has 2 fully saturated rings. The number of nitrogens with two attached hydrogens (primary N) is 1. The Morgan fingerprint density at radius 2 is 1.76 bits per heavy atom. The van der Waals surface area contributed by atoms with Crippen molar-refractivity contribution in [2.24, 2.45) is 11.7 Å². The molecule has 1 amide bonds. The van der Waals surface area contributed by atoms with Gasteiger partial charge in [0, 0.05) is 43.8 Å². The molecule has 1 saturated heterocycles. The number of nitrogens with zero attached hydrogens (tertiary/aromatic N) is 2. The maximum absolute atomic E-state index is 13.0. The van der Waals surface area contributed by atoms with Gasteiger partial charge < -0.3 is 20.6 Å². The van der Waals surface area contributed by atoms with E-state index in [0.29, 0.717) is 19.4 Å². The van der Waals surface area contributed by atoms with E-state index in [0.717, 1.165) is 31.7 Å². The molecule has 25 heavy (non-hydrogen) atoms. The second-order valence-electron chi connectivity index (χ2n) is 6.54. The standard InChI is InChI=1S/C17H24FN3O2.2ClH/c18-13-2-4-14(5-3-13)20-6-1-7-21(9-8-20)17(23)12-10-15(19)16(22)11-12;;/h2-5,12,15-16,22H,1,6-11,19H2;2*1H/t12-,15+,16+;;/m0../s1. The van der Waals surface area contributed by atoms with Gasteiger partial charge in [0.1, 0.15) is 5.82 Å². The van der Waals surface area contributed by atoms with E-state index in [1.807, 2.05) is 4.90 Å². The van der Waals surface area contributed by atoms with E-state index in [9.17, 15) is 14.3 Å². The molecule has 0 unspecified atom stereocenters. The molecule has 1 heterocycles. The van der Waals surface area contributed by atoms with Crippen molar-refractivity contribution in [1.82, 2.24) is 4.90 Å². The van der Waals surface area contributed by atoms with Crippen LogP contribution in [-0.2, 0) is 4.79 Å². The van der Waals surface area contributed by atoms with Gasteiger partial charge in [-0.25, -0.2) is 4.39 Å². The highest BCUT2D eigenvalue weighted by Gasteiger charge is 2.37. The predicted molar refractivity (Wildman–Crippen MR) is 101 cm³/mol. The molecule has 1 aromatic rings. The normalized spacial score (nSPS) is 26.4. The third kappa shape index (κ3) is 5.20. The fourth-order valence-corrected chi connectivity index (χ4v) is 3.56. The van der Waals surface area contributed by atoms with Crippen LogP contribution in [0.15, 0.2) is 24.3 Å². The molecule has 0 bridgehead atoms. The van der Waals surface area contributed by atoms with E-state index in [-0.39, 0.29) is 48.5 Å². The summed E-state index contributed by atoms with van der Waals surface area (Å²) in [5.41, 5.74) is 6.80. The lowest BCUT2D eigenvalue weighted by atomic mass is 10.1. The molecule has 3 N–H and O–H groups in total. The molecule has 3 atom stereocenters. The van der Waals surface area contributed by atoms with E-state index < -0.39 is 6.10 Å². The van der Waals surface area contributed by atoms with E-state index in [1.54, 1.807) is 12.1 Å². The summed E-state index contributed by atoms with van der Waals surface area (Å²) in [6.45, 7) is 2.96. The second-order valence-corrected chi connectivity index (χ2v) is 6.54. The summed E-state index contributed by atoms with van der Waals surface area (Å²) in [6, 6.07) is 6.19. The highest BCUT2D eigenvalue weighted by atomic mass is 35.5. The number of carbonyl (C=O) groups is 1. The van der Waals surface area contributed by atoms with Gasteiger partial charge in [0.2, 0.25) is 5.91 Å². The molecular formula is C17H26Cl2FN3O2. The first kappa shape index (κ1) is 22.0. The number of anilines is 1. The zero-order valence-electron chi connectivity index (χ0n) is 14.0. The van der Waals surface area contributed by atoms with Crippen LogP contribution in [0, 0.1) is 11.7 Å². The summed E-state index contributed by atoms with van der Waals surface area (Å²) in [5.74, 6) is -0.285. The van der Waals surface area contributed by atoms with Crippen LogP contribution in [0.1, 0.15) is 19.3 Å². The van der Waals surface area contributed by atoms with Crippen LogP contribution in [0.5, 0.6) is 0 Å². The fourth-order valence-electron chi connectivity index (χ4n) is 3.56. The first-order valence-corrected chi connectivity index (χ1v) is 8.27. The molecule has 142 valence electrons. The molecule has 0 aromatic heterocycles. The van der Waals surface area contributed by atoms with E-state index in [1.165, 1.54) is 12.1 Å². The molecular weight excluding hydrogens is 368 g/mol. The number of amides is 1. The SMILES string of the molecule is Cl.Cl.N[C@@H]1C[C@H](C(=O)N2CCCN(c3ccc(F)cc3)CC2)C[C@H]1O. The van der Waals surface area contributed by atoms with Gasteiger partial charge in [-0.3, -0.25) is 4.79 Å². The lowest BCUT2D eigenvalue weighted by Gasteiger charge is -2.25. The number of aliphatic hydroxyl groups is 1. The first-order valence-electron chi connectivity index (χ1n) is 8.27. The zero-order valence-corrected chi connectivity index (χ0v) is 15.6. The summed E-state index contributed by atoms with van der Waals surface area (Å²) in [4.78, 5) is 16.7. The third-order valence-corrected chi connectivity index (χ3v) is 4.93. The monoisotopic (exact) mass is 393 g/mol. The molecule has 0 spiro atoms. The Kier molecular flexibility index (Phi) is 8.41. The average molecular weight is 394 g/mol. The molecule has 2 aliphatic rings. The van der Waals surface area contributed by atoms with Crippen molar-refractivity contribution >= 4 is 36.4 Å². The quantitative estimate of drug-likeness (QED) is 0.803. The van der Waals surface area contributed by atoms with Crippen LogP contribution in [0.4, 0.5) is 10.1 Å². The van der Waals surface area contributed by atoms with Crippen molar-refractivity contribution in [1.29, 1.82) is 0 Å². The number of hydrogen-bond donors (Lipinski definition) is 2. The number of hydrogen-bond acceptors (Lipinski definition) is 4. The van der Waals surface area contributed by atoms with Crippen LogP contribution in [0.25, 0.3) is 0 Å². The van der Waals surface area contributed by atoms with Gasteiger partial charge >= 0.3 is 0 Å². The van der Waals surface area contributed by atoms with Crippen molar-refractivity contribution in [2.75, 3.05) is 31.1 Å². The lowest BCUT2D eigenvalue weighted by molar-refractivity contribution is -0.135. The minimum Gasteiger partial charge on any atom is -0.391 e. The van der Waals surface area contributed by atoms with E-state index in [2.05, 4.69) is 4.90 Å². The molecule has 1 aliphatic heterocycles. The average Bonchev–Trinajstić information content (AvgIpc) is 2.76. The Balaban J connectivity index is 0.00000156. The third-order valence-electron chi connectivity index (χ3n) is 4.93. The summed E-state index contributed by atoms with van der Waals surface area (Å²) in [5, 5.41) is 9.75. The van der Waals surface area contributed by atoms with Crippen LogP contribution >= 0.6 is 24.8 Å². The highest BCUT2D eigenvalue weighted by Crippen LogP contribution is 2.27. The van der Waals surface area contributed by atoms with Crippen molar-refractivity contribution in [3.8, 4) is 0 Å². The number of benzene rings is 1. The Labute approximate surface area is 160 Å². The van der Waals surface area contributed by atoms with Crippen molar-refractivity contribution in [3.63, 3.8) is 0 Å². The molecule has 3 rings (SSSR count). The van der Waals surface area contributed by atoms with Gasteiger partial charge in [-0.15, -0.1) is 24.8 Å². The minimum atomic E-state index is -0.563. The molecule has 1 saturated carbocycles. The largest absolute Gasteiger partial charge is 0.391 e. The topological polar surface area (TPSA) is 69.8 Å². The van der Waals surface area contributed by atoms with Crippen molar-refractivity contribution < 1.29 is 14.3 Å². The van der Waals surface area contributed by atoms with Gasteiger partial charge in [0.15, 0.2) is 0 Å². The molecule has 1 aromatic carbocycles. The van der Waals surface area contributed by atoms with E-state index in [4.69, 9.17) is 5.73 Å². The summed E-state index contributed by atoms with van der Waals surface area (Å²) in [6.07, 6.45) is 1.35. The number of halogens is 3. The maximum atomic E-state index is 13.0. The molecule has 1 aliphatic carbocycles. The van der Waals surface area contributed by atoms with Crippen LogP contribution in [0.2, 0.25) is 0 Å². The number of carbonyl (C=O) groups excluding carboxylic acids is 1. The van der Waals surface area contributed by atoms with Crippen molar-refractivity contribution in [2.45, 2.75) is 31.4 Å². The Morgan fingerprint density at radius 1 is 1.08 bits per heavy atom. The number of aliphatic hydroxyl groups excluding tert-OH is 1. The summed E-state index contributed by atoms with van der Waals surface area (Å²) < 4.78 is 13.0. The molecule has 8 heteroatoms. The van der Waals surface area contributed by atoms with Gasteiger partial charge in [-0.1, -0.05) is 0 Å². The maximum Gasteiger partial charge on any atom is 0.225 e. The number of rotatable bonds is 2. The van der Waals surface area contributed by atoms with Gasteiger partial charge in [-0.05, 0) is 43.5 Å². The molecule has 0 radical (unpaired) electrons. The van der Waals surface area contributed by atoms with Gasteiger partial charge in [0.25, 0.3) is 0 Å². The summed E-state index contributed by atoms with van der Waals surface area (Å²) in [7, 11) is 0. The highest BCUT2D eigenvalue weighted by molar-refractivity contribution is 5.85. The van der Waals surface area contributed by atoms with Gasteiger partial charge in [-0.2, -0.15) is 0 Å². The van der Waals surface area contributed by atoms with Crippen LogP contribution < -0.4 is 10.6 Å². The van der Waals surface area contributed by atoms with E-state index >= 15 is 0 Å².